The maximum atomic E-state index is 9.89. The highest BCUT2D eigenvalue weighted by atomic mass is 15.3. The van der Waals surface area contributed by atoms with Gasteiger partial charge in [-0.05, 0) is 65.9 Å². The number of allylic oxidation sites excluding steroid dienone is 6. The third kappa shape index (κ3) is 4.88. The van der Waals surface area contributed by atoms with Gasteiger partial charge in [-0.15, -0.1) is 0 Å². The van der Waals surface area contributed by atoms with E-state index in [1.165, 1.54) is 0 Å². The summed E-state index contributed by atoms with van der Waals surface area (Å²) >= 11 is 0. The van der Waals surface area contributed by atoms with Crippen molar-refractivity contribution in [1.29, 1.82) is 0 Å². The Labute approximate surface area is 378 Å². The van der Waals surface area contributed by atoms with Crippen LogP contribution in [-0.4, -0.2) is 28.7 Å². The van der Waals surface area contributed by atoms with E-state index in [4.69, 9.17) is 32.4 Å². The fourth-order valence-electron chi connectivity index (χ4n) is 6.92. The fraction of sp³-hybridized carbons (Fsp3) is 0.0192. The van der Waals surface area contributed by atoms with Crippen molar-refractivity contribution >= 4 is 76.7 Å². The number of benzene rings is 7. The molecule has 272 valence electrons. The van der Waals surface area contributed by atoms with Gasteiger partial charge in [0.2, 0.25) is 11.9 Å². The number of nitrogens with zero attached hydrogens (tertiary/aromatic N) is 6. The standard InChI is InChI=1S/C52H34N6/c1-3-17-34(18-4-1)35-31-32-49-42(33-35)40-23-11-16-30-47(40)58(49)52-54-50(53-51(55-52)57-45-28-14-9-21-38(45)39-22-10-15-29-46(39)57)41-24-5-2-6-25-48(41)56-43-26-12-7-19-36(43)37-20-8-13-27-44(37)56/h1-4,6-33H,5H2/i1D,2D,3D,4D,6D,7D,8D,9D,10D,11D,12D,13D,14D,15D,16D,17D,18D,19D,20D,21D,22D,23D,24D,25D,26D,27D,28D,29D,30D,31D,32D,33D. The highest BCUT2D eigenvalue weighted by Crippen LogP contribution is 2.39. The zero-order chi connectivity index (χ0) is 66.0. The van der Waals surface area contributed by atoms with Crippen LogP contribution < -0.4 is 0 Å². The first-order valence-electron chi connectivity index (χ1n) is 33.1. The second-order valence-corrected chi connectivity index (χ2v) is 12.4. The molecule has 0 spiro atoms. The summed E-state index contributed by atoms with van der Waals surface area (Å²) in [4.78, 5) is 14.1. The lowest BCUT2D eigenvalue weighted by molar-refractivity contribution is 0.874. The molecule has 0 unspecified atom stereocenters. The van der Waals surface area contributed by atoms with Crippen molar-refractivity contribution in [2.24, 2.45) is 0 Å². The molecule has 0 saturated carbocycles. The quantitative estimate of drug-likeness (QED) is 0.175. The van der Waals surface area contributed by atoms with Crippen molar-refractivity contribution in [2.75, 3.05) is 0 Å². The largest absolute Gasteiger partial charge is 0.309 e. The van der Waals surface area contributed by atoms with Crippen LogP contribution in [0.1, 0.15) is 56.1 Å². The summed E-state index contributed by atoms with van der Waals surface area (Å²) in [5, 5.41) is -3.62. The molecule has 6 heteroatoms. The maximum Gasteiger partial charge on any atom is 0.240 e. The van der Waals surface area contributed by atoms with Crippen molar-refractivity contribution in [3.05, 3.63) is 199 Å². The average Bonchev–Trinajstić information content (AvgIpc) is 1.54. The van der Waals surface area contributed by atoms with Gasteiger partial charge in [-0.2, -0.15) is 15.0 Å². The SMILES string of the molecule is [2H]C1=C([2H])C([2H])=C(n2c3c([2H])c([2H])c([2H])c([2H])c3c3c([2H])c([2H])c([2H])c([2H])c32)C(c2nc(-n3c4c([2H])c([2H])c([2H])c([2H])c4c4c([2H])c([2H])c([2H])c([2H])c43)nc(-n3c4c([2H])c([2H])c([2H])c([2H])c4c4c([2H])c(-c5c([2H])c([2H])c([2H])c([2H])c5[2H])c([2H])c([2H])c43)n2)=C([2H])C1. The summed E-state index contributed by atoms with van der Waals surface area (Å²) in [6.45, 7) is 0. The number of fused-ring (bicyclic) bond motifs is 9. The van der Waals surface area contributed by atoms with E-state index in [0.29, 0.717) is 13.7 Å². The Kier molecular flexibility index (Phi) is 3.10. The first-order chi connectivity index (χ1) is 42.1. The summed E-state index contributed by atoms with van der Waals surface area (Å²) in [7, 11) is 0. The lowest BCUT2D eigenvalue weighted by Gasteiger charge is -2.17. The van der Waals surface area contributed by atoms with Crippen molar-refractivity contribution in [2.45, 2.75) is 6.42 Å². The molecule has 0 atom stereocenters. The van der Waals surface area contributed by atoms with E-state index in [9.17, 15) is 16.4 Å². The molecule has 12 rings (SSSR count). The predicted octanol–water partition coefficient (Wildman–Crippen LogP) is 12.7. The highest BCUT2D eigenvalue weighted by molar-refractivity contribution is 6.14. The second-order valence-electron chi connectivity index (χ2n) is 12.4. The minimum Gasteiger partial charge on any atom is -0.309 e. The molecule has 0 N–H and O–H groups in total. The van der Waals surface area contributed by atoms with Gasteiger partial charge in [-0.25, -0.2) is 0 Å². The average molecular weight is 775 g/mol. The third-order valence-corrected chi connectivity index (χ3v) is 9.29. The van der Waals surface area contributed by atoms with Gasteiger partial charge < -0.3 is 4.57 Å². The molecule has 0 radical (unpaired) electrons. The molecule has 1 aliphatic carbocycles. The van der Waals surface area contributed by atoms with Crippen LogP contribution >= 0.6 is 0 Å². The number of para-hydroxylation sites is 5. The third-order valence-electron chi connectivity index (χ3n) is 9.29. The van der Waals surface area contributed by atoms with Crippen LogP contribution in [0.5, 0.6) is 0 Å². The van der Waals surface area contributed by atoms with E-state index >= 15 is 0 Å². The van der Waals surface area contributed by atoms with Crippen LogP contribution in [0.15, 0.2) is 193 Å². The van der Waals surface area contributed by atoms with Gasteiger partial charge in [-0.1, -0.05) is 145 Å². The molecule has 4 heterocycles. The molecule has 1 aliphatic rings. The topological polar surface area (TPSA) is 53.5 Å². The van der Waals surface area contributed by atoms with Gasteiger partial charge in [0.15, 0.2) is 5.82 Å². The van der Waals surface area contributed by atoms with E-state index in [2.05, 4.69) is 9.97 Å². The van der Waals surface area contributed by atoms with Gasteiger partial charge in [0, 0.05) is 37.9 Å². The minimum atomic E-state index is -1.11. The lowest BCUT2D eigenvalue weighted by atomic mass is 10.0. The Balaban J connectivity index is 1.37. The zero-order valence-corrected chi connectivity index (χ0v) is 28.9. The summed E-state index contributed by atoms with van der Waals surface area (Å²) in [5.74, 6) is -3.07. The summed E-state index contributed by atoms with van der Waals surface area (Å²) in [6.07, 6.45) is -0.954. The first-order valence-corrected chi connectivity index (χ1v) is 17.1. The summed E-state index contributed by atoms with van der Waals surface area (Å²) < 4.78 is 293. The van der Waals surface area contributed by atoms with Crippen molar-refractivity contribution in [1.82, 2.24) is 28.7 Å². The Bertz CT molecular complexity index is 5240. The molecular formula is C52H34N6. The normalized spacial score (nSPS) is 21.7. The summed E-state index contributed by atoms with van der Waals surface area (Å²) in [6, 6.07) is -30.1. The molecule has 0 saturated heterocycles. The van der Waals surface area contributed by atoms with Gasteiger partial charge >= 0.3 is 0 Å². The predicted molar refractivity (Wildman–Crippen MR) is 239 cm³/mol. The fourth-order valence-corrected chi connectivity index (χ4v) is 6.92. The molecule has 11 aromatic rings. The van der Waals surface area contributed by atoms with Crippen molar-refractivity contribution in [3.8, 4) is 23.0 Å². The molecule has 0 fully saturated rings. The van der Waals surface area contributed by atoms with Gasteiger partial charge in [-0.3, -0.25) is 9.13 Å². The lowest BCUT2D eigenvalue weighted by Crippen LogP contribution is -2.13. The number of hydrogen-bond donors (Lipinski definition) is 0. The first kappa shape index (κ1) is 14.0. The van der Waals surface area contributed by atoms with Crippen LogP contribution in [0, 0.1) is 0 Å². The van der Waals surface area contributed by atoms with E-state index in [1.807, 2.05) is 0 Å². The second kappa shape index (κ2) is 12.9. The Morgan fingerprint density at radius 1 is 0.414 bits per heavy atom. The Hall–Kier alpha value is -7.83. The monoisotopic (exact) mass is 774 g/mol. The van der Waals surface area contributed by atoms with Crippen molar-refractivity contribution < 1.29 is 43.9 Å². The van der Waals surface area contributed by atoms with Crippen LogP contribution in [0.3, 0.4) is 0 Å². The van der Waals surface area contributed by atoms with Gasteiger partial charge in [0.1, 0.15) is 0 Å². The van der Waals surface area contributed by atoms with Crippen LogP contribution in [0.25, 0.3) is 99.7 Å². The Morgan fingerprint density at radius 3 is 1.40 bits per heavy atom. The number of aromatic nitrogens is 6. The number of rotatable bonds is 5. The van der Waals surface area contributed by atoms with E-state index in [1.54, 1.807) is 0 Å². The maximum absolute atomic E-state index is 9.89. The molecule has 0 amide bonds. The Morgan fingerprint density at radius 2 is 0.862 bits per heavy atom. The molecule has 0 aliphatic heterocycles. The zero-order valence-electron chi connectivity index (χ0n) is 60.9. The van der Waals surface area contributed by atoms with Crippen molar-refractivity contribution in [3.63, 3.8) is 0 Å². The van der Waals surface area contributed by atoms with E-state index in [0.717, 1.165) is 0 Å². The van der Waals surface area contributed by atoms with E-state index < -0.39 is 305 Å². The van der Waals surface area contributed by atoms with Gasteiger partial charge in [0.05, 0.1) is 82.7 Å². The highest BCUT2D eigenvalue weighted by Gasteiger charge is 2.24. The van der Waals surface area contributed by atoms with Gasteiger partial charge in [0.25, 0.3) is 0 Å². The summed E-state index contributed by atoms with van der Waals surface area (Å²) in [5.41, 5.74) is -7.65. The molecule has 0 bridgehead atoms. The molecular weight excluding hydrogens is 709 g/mol. The molecule has 58 heavy (non-hydrogen) atoms. The number of hydrogen-bond acceptors (Lipinski definition) is 3. The minimum absolute atomic E-state index is 0.567. The van der Waals surface area contributed by atoms with Crippen LogP contribution in [-0.2, 0) is 0 Å². The van der Waals surface area contributed by atoms with E-state index in [-0.39, 0.29) is 0 Å². The molecule has 6 nitrogen and oxygen atoms in total. The molecule has 4 aromatic heterocycles. The van der Waals surface area contributed by atoms with Crippen LogP contribution in [0.2, 0.25) is 0 Å². The smallest absolute Gasteiger partial charge is 0.240 e. The molecule has 7 aromatic carbocycles. The van der Waals surface area contributed by atoms with Crippen LogP contribution in [0.4, 0.5) is 0 Å².